The minimum atomic E-state index is -1.70. The van der Waals surface area contributed by atoms with E-state index in [0.29, 0.717) is 11.1 Å². The molecule has 15 heavy (non-hydrogen) atoms. The van der Waals surface area contributed by atoms with E-state index in [0.717, 1.165) is 6.07 Å². The lowest BCUT2D eigenvalue weighted by atomic mass is 9.97. The molecule has 0 aliphatic rings. The predicted molar refractivity (Wildman–Crippen MR) is 51.8 cm³/mol. The van der Waals surface area contributed by atoms with Gasteiger partial charge in [-0.15, -0.1) is 0 Å². The summed E-state index contributed by atoms with van der Waals surface area (Å²) in [5, 5.41) is 36.6. The molecule has 0 fully saturated rings. The number of hydrogen-bond acceptors (Lipinski definition) is 4. The second-order valence-corrected chi connectivity index (χ2v) is 3.32. The summed E-state index contributed by atoms with van der Waals surface area (Å²) in [6.45, 7) is 3.10. The van der Waals surface area contributed by atoms with Crippen LogP contribution in [0.2, 0.25) is 0 Å². The Hall–Kier alpha value is -1.75. The number of phenols is 2. The number of carboxylic acid groups (broad SMARTS) is 1. The van der Waals surface area contributed by atoms with E-state index in [9.17, 15) is 20.1 Å². The predicted octanol–water partition coefficient (Wildman–Crippen LogP) is 0.833. The Morgan fingerprint density at radius 2 is 1.80 bits per heavy atom. The molecular formula is C10H12O5. The van der Waals surface area contributed by atoms with Crippen LogP contribution in [0, 0.1) is 13.8 Å². The van der Waals surface area contributed by atoms with Crippen LogP contribution in [0.25, 0.3) is 0 Å². The third-order valence-electron chi connectivity index (χ3n) is 2.41. The van der Waals surface area contributed by atoms with Gasteiger partial charge in [0, 0.05) is 0 Å². The maximum atomic E-state index is 10.6. The second-order valence-electron chi connectivity index (χ2n) is 3.32. The molecule has 0 spiro atoms. The van der Waals surface area contributed by atoms with Crippen molar-refractivity contribution in [3.63, 3.8) is 0 Å². The van der Waals surface area contributed by atoms with Gasteiger partial charge in [0.1, 0.15) is 0 Å². The molecule has 0 radical (unpaired) electrons. The Kier molecular flexibility index (Phi) is 2.85. The standard InChI is InChI=1S/C10H12O5/c1-4-5(2)8(12)7(11)3-6(4)9(13)10(14)15/h3,9,11-13H,1-2H3,(H,14,15). The highest BCUT2D eigenvalue weighted by atomic mass is 16.4. The molecule has 5 nitrogen and oxygen atoms in total. The lowest BCUT2D eigenvalue weighted by molar-refractivity contribution is -0.147. The molecule has 0 saturated heterocycles. The van der Waals surface area contributed by atoms with Crippen LogP contribution in [0.15, 0.2) is 6.07 Å². The zero-order valence-electron chi connectivity index (χ0n) is 8.35. The molecule has 1 aromatic rings. The van der Waals surface area contributed by atoms with Crippen molar-refractivity contribution in [2.75, 3.05) is 0 Å². The van der Waals surface area contributed by atoms with Crippen LogP contribution in [0.1, 0.15) is 22.8 Å². The van der Waals surface area contributed by atoms with Gasteiger partial charge in [-0.1, -0.05) is 0 Å². The molecule has 1 rings (SSSR count). The van der Waals surface area contributed by atoms with E-state index < -0.39 is 17.8 Å². The molecule has 0 heterocycles. The minimum Gasteiger partial charge on any atom is -0.504 e. The summed E-state index contributed by atoms with van der Waals surface area (Å²) in [5.41, 5.74) is 0.876. The third kappa shape index (κ3) is 1.87. The number of benzene rings is 1. The Labute approximate surface area is 86.2 Å². The van der Waals surface area contributed by atoms with Gasteiger partial charge in [0.2, 0.25) is 0 Å². The lowest BCUT2D eigenvalue weighted by Gasteiger charge is -2.14. The fourth-order valence-corrected chi connectivity index (χ4v) is 1.33. The summed E-state index contributed by atoms with van der Waals surface area (Å²) >= 11 is 0. The summed E-state index contributed by atoms with van der Waals surface area (Å²) in [6.07, 6.45) is -1.70. The Morgan fingerprint density at radius 1 is 1.27 bits per heavy atom. The van der Waals surface area contributed by atoms with Crippen molar-refractivity contribution in [1.29, 1.82) is 0 Å². The zero-order chi connectivity index (χ0) is 11.7. The maximum absolute atomic E-state index is 10.6. The summed E-state index contributed by atoms with van der Waals surface area (Å²) in [6, 6.07) is 1.05. The number of aliphatic hydroxyl groups excluding tert-OH is 1. The highest BCUT2D eigenvalue weighted by Gasteiger charge is 2.21. The van der Waals surface area contributed by atoms with Gasteiger partial charge in [0.15, 0.2) is 17.6 Å². The van der Waals surface area contributed by atoms with Crippen LogP contribution in [-0.4, -0.2) is 26.4 Å². The zero-order valence-corrected chi connectivity index (χ0v) is 8.35. The van der Waals surface area contributed by atoms with Crippen molar-refractivity contribution in [2.24, 2.45) is 0 Å². The number of phenolic OH excluding ortho intramolecular Hbond substituents is 2. The van der Waals surface area contributed by atoms with Crippen molar-refractivity contribution < 1.29 is 25.2 Å². The van der Waals surface area contributed by atoms with Crippen LogP contribution in [0.3, 0.4) is 0 Å². The summed E-state index contributed by atoms with van der Waals surface area (Å²) in [7, 11) is 0. The molecule has 5 heteroatoms. The normalized spacial score (nSPS) is 12.5. The van der Waals surface area contributed by atoms with E-state index in [2.05, 4.69) is 0 Å². The van der Waals surface area contributed by atoms with Gasteiger partial charge in [-0.2, -0.15) is 0 Å². The molecule has 1 unspecified atom stereocenters. The van der Waals surface area contributed by atoms with Crippen molar-refractivity contribution in [3.8, 4) is 11.5 Å². The van der Waals surface area contributed by atoms with Crippen LogP contribution in [0.5, 0.6) is 11.5 Å². The Balaban J connectivity index is 3.38. The number of hydrogen-bond donors (Lipinski definition) is 4. The van der Waals surface area contributed by atoms with Gasteiger partial charge in [0.05, 0.1) is 0 Å². The number of aliphatic hydroxyl groups is 1. The van der Waals surface area contributed by atoms with Gasteiger partial charge >= 0.3 is 5.97 Å². The van der Waals surface area contributed by atoms with Gasteiger partial charge in [-0.05, 0) is 36.6 Å². The second kappa shape index (κ2) is 3.78. The summed E-state index contributed by atoms with van der Waals surface area (Å²) in [4.78, 5) is 10.6. The first kappa shape index (κ1) is 11.3. The average molecular weight is 212 g/mol. The Morgan fingerprint density at radius 3 is 2.27 bits per heavy atom. The quantitative estimate of drug-likeness (QED) is 0.544. The van der Waals surface area contributed by atoms with Crippen molar-refractivity contribution in [2.45, 2.75) is 20.0 Å². The summed E-state index contributed by atoms with van der Waals surface area (Å²) in [5.74, 6) is -2.13. The smallest absolute Gasteiger partial charge is 0.337 e. The average Bonchev–Trinajstić information content (AvgIpc) is 2.19. The van der Waals surface area contributed by atoms with Gasteiger partial charge in [0.25, 0.3) is 0 Å². The first-order valence-electron chi connectivity index (χ1n) is 4.29. The topological polar surface area (TPSA) is 98.0 Å². The molecule has 0 amide bonds. The van der Waals surface area contributed by atoms with Crippen LogP contribution in [0.4, 0.5) is 0 Å². The SMILES string of the molecule is Cc1c(C(O)C(=O)O)cc(O)c(O)c1C. The summed E-state index contributed by atoms with van der Waals surface area (Å²) < 4.78 is 0. The van der Waals surface area contributed by atoms with Crippen molar-refractivity contribution >= 4 is 5.97 Å². The molecule has 1 aromatic carbocycles. The number of carboxylic acids is 1. The first-order valence-corrected chi connectivity index (χ1v) is 4.29. The minimum absolute atomic E-state index is 0.0790. The van der Waals surface area contributed by atoms with Crippen molar-refractivity contribution in [1.82, 2.24) is 0 Å². The molecule has 4 N–H and O–H groups in total. The van der Waals surface area contributed by atoms with Gasteiger partial charge < -0.3 is 20.4 Å². The first-order chi connectivity index (χ1) is 6.86. The molecule has 1 atom stereocenters. The van der Waals surface area contributed by atoms with E-state index in [1.165, 1.54) is 6.92 Å². The van der Waals surface area contributed by atoms with E-state index >= 15 is 0 Å². The number of carbonyl (C=O) groups is 1. The van der Waals surface area contributed by atoms with Crippen LogP contribution >= 0.6 is 0 Å². The maximum Gasteiger partial charge on any atom is 0.337 e. The van der Waals surface area contributed by atoms with Crippen molar-refractivity contribution in [3.05, 3.63) is 22.8 Å². The van der Waals surface area contributed by atoms with Gasteiger partial charge in [-0.3, -0.25) is 0 Å². The molecule has 0 saturated carbocycles. The molecule has 0 aliphatic heterocycles. The number of aliphatic carboxylic acids is 1. The largest absolute Gasteiger partial charge is 0.504 e. The number of rotatable bonds is 2. The van der Waals surface area contributed by atoms with E-state index in [4.69, 9.17) is 5.11 Å². The molecule has 82 valence electrons. The van der Waals surface area contributed by atoms with E-state index in [1.807, 2.05) is 0 Å². The lowest BCUT2D eigenvalue weighted by Crippen LogP contribution is -2.12. The van der Waals surface area contributed by atoms with E-state index in [1.54, 1.807) is 6.92 Å². The Bertz CT molecular complexity index is 411. The highest BCUT2D eigenvalue weighted by molar-refractivity contribution is 5.75. The monoisotopic (exact) mass is 212 g/mol. The molecule has 0 aromatic heterocycles. The third-order valence-corrected chi connectivity index (χ3v) is 2.41. The molecule has 0 bridgehead atoms. The van der Waals surface area contributed by atoms with Crippen LogP contribution < -0.4 is 0 Å². The number of aromatic hydroxyl groups is 2. The fourth-order valence-electron chi connectivity index (χ4n) is 1.33. The van der Waals surface area contributed by atoms with Gasteiger partial charge in [-0.25, -0.2) is 4.79 Å². The molecule has 0 aliphatic carbocycles. The van der Waals surface area contributed by atoms with Crippen LogP contribution in [-0.2, 0) is 4.79 Å². The van der Waals surface area contributed by atoms with E-state index in [-0.39, 0.29) is 11.3 Å². The fraction of sp³-hybridized carbons (Fsp3) is 0.300. The highest BCUT2D eigenvalue weighted by Crippen LogP contribution is 2.35. The molecular weight excluding hydrogens is 200 g/mol.